The number of aryl methyl sites for hydroxylation is 1. The number of benzene rings is 2. The Hall–Kier alpha value is -1.97. The second-order valence-electron chi connectivity index (χ2n) is 5.04. The maximum absolute atomic E-state index is 5.96. The van der Waals surface area contributed by atoms with Gasteiger partial charge in [-0.1, -0.05) is 23.7 Å². The van der Waals surface area contributed by atoms with Crippen molar-refractivity contribution in [3.63, 3.8) is 0 Å². The van der Waals surface area contributed by atoms with E-state index < -0.39 is 0 Å². The van der Waals surface area contributed by atoms with Crippen molar-refractivity contribution < 1.29 is 4.74 Å². The smallest absolute Gasteiger partial charge is 0.128 e. The first-order chi connectivity index (χ1) is 10.2. The molecule has 0 amide bonds. The molecule has 1 aromatic heterocycles. The van der Waals surface area contributed by atoms with Crippen LogP contribution in [0.2, 0.25) is 5.02 Å². The largest absolute Gasteiger partial charge is 0.487 e. The van der Waals surface area contributed by atoms with Crippen molar-refractivity contribution in [3.8, 4) is 5.75 Å². The van der Waals surface area contributed by atoms with Crippen molar-refractivity contribution in [2.45, 2.75) is 13.2 Å². The SMILES string of the molecule is Cn1c(COc2cccc(Cl)c2)cc2cc(CN)ccc21. The van der Waals surface area contributed by atoms with Crippen LogP contribution in [0.3, 0.4) is 0 Å². The van der Waals surface area contributed by atoms with Crippen LogP contribution in [0.1, 0.15) is 11.3 Å². The summed E-state index contributed by atoms with van der Waals surface area (Å²) in [5.41, 5.74) is 9.11. The molecule has 0 fully saturated rings. The lowest BCUT2D eigenvalue weighted by Crippen LogP contribution is -2.01. The number of hydrogen-bond acceptors (Lipinski definition) is 2. The summed E-state index contributed by atoms with van der Waals surface area (Å²) in [6.07, 6.45) is 0. The summed E-state index contributed by atoms with van der Waals surface area (Å²) in [5.74, 6) is 0.774. The van der Waals surface area contributed by atoms with E-state index >= 15 is 0 Å². The first-order valence-electron chi connectivity index (χ1n) is 6.83. The van der Waals surface area contributed by atoms with Gasteiger partial charge in [0.15, 0.2) is 0 Å². The molecule has 0 aliphatic carbocycles. The average molecular weight is 301 g/mol. The number of halogens is 1. The molecule has 3 rings (SSSR count). The Morgan fingerprint density at radius 1 is 1.14 bits per heavy atom. The fraction of sp³-hybridized carbons (Fsp3) is 0.176. The highest BCUT2D eigenvalue weighted by Crippen LogP contribution is 2.23. The van der Waals surface area contributed by atoms with Gasteiger partial charge in [-0.05, 0) is 42.0 Å². The molecule has 2 N–H and O–H groups in total. The van der Waals surface area contributed by atoms with Crippen molar-refractivity contribution in [1.29, 1.82) is 0 Å². The van der Waals surface area contributed by atoms with E-state index in [1.54, 1.807) is 0 Å². The highest BCUT2D eigenvalue weighted by Gasteiger charge is 2.07. The lowest BCUT2D eigenvalue weighted by atomic mass is 10.1. The fourth-order valence-corrected chi connectivity index (χ4v) is 2.62. The van der Waals surface area contributed by atoms with Gasteiger partial charge in [0.05, 0.1) is 5.69 Å². The fourth-order valence-electron chi connectivity index (χ4n) is 2.44. The summed E-state index contributed by atoms with van der Waals surface area (Å²) < 4.78 is 7.95. The molecule has 21 heavy (non-hydrogen) atoms. The third kappa shape index (κ3) is 2.89. The molecule has 0 radical (unpaired) electrons. The van der Waals surface area contributed by atoms with Crippen LogP contribution < -0.4 is 10.5 Å². The third-order valence-electron chi connectivity index (χ3n) is 3.62. The molecule has 0 saturated heterocycles. The van der Waals surface area contributed by atoms with Crippen molar-refractivity contribution in [2.24, 2.45) is 12.8 Å². The van der Waals surface area contributed by atoms with E-state index in [1.807, 2.05) is 31.3 Å². The number of rotatable bonds is 4. The summed E-state index contributed by atoms with van der Waals surface area (Å²) in [6, 6.07) is 15.9. The molecule has 0 aliphatic rings. The summed E-state index contributed by atoms with van der Waals surface area (Å²) in [5, 5.41) is 1.86. The highest BCUT2D eigenvalue weighted by molar-refractivity contribution is 6.30. The van der Waals surface area contributed by atoms with Crippen LogP contribution in [0, 0.1) is 0 Å². The van der Waals surface area contributed by atoms with Gasteiger partial charge in [-0.25, -0.2) is 0 Å². The predicted octanol–water partition coefficient (Wildman–Crippen LogP) is 3.87. The Labute approximate surface area is 128 Å². The number of fused-ring (bicyclic) bond motifs is 1. The standard InChI is InChI=1S/C17H17ClN2O/c1-20-15(11-21-16-4-2-3-14(18)9-16)8-13-7-12(10-19)5-6-17(13)20/h2-9H,10-11,19H2,1H3. The van der Waals surface area contributed by atoms with Crippen molar-refractivity contribution in [3.05, 3.63) is 64.8 Å². The molecule has 3 nitrogen and oxygen atoms in total. The molecule has 0 aliphatic heterocycles. The van der Waals surface area contributed by atoms with E-state index in [1.165, 1.54) is 10.9 Å². The molecule has 2 aromatic carbocycles. The Balaban J connectivity index is 1.85. The third-order valence-corrected chi connectivity index (χ3v) is 3.86. The lowest BCUT2D eigenvalue weighted by molar-refractivity contribution is 0.298. The monoisotopic (exact) mass is 300 g/mol. The molecule has 4 heteroatoms. The first-order valence-corrected chi connectivity index (χ1v) is 7.21. The zero-order chi connectivity index (χ0) is 14.8. The molecular formula is C17H17ClN2O. The van der Waals surface area contributed by atoms with Crippen LogP contribution in [-0.2, 0) is 20.2 Å². The maximum atomic E-state index is 5.96. The van der Waals surface area contributed by atoms with Gasteiger partial charge in [-0.15, -0.1) is 0 Å². The molecule has 3 aromatic rings. The zero-order valence-electron chi connectivity index (χ0n) is 11.8. The number of aromatic nitrogens is 1. The van der Waals surface area contributed by atoms with Crippen molar-refractivity contribution >= 4 is 22.5 Å². The van der Waals surface area contributed by atoms with Gasteiger partial charge >= 0.3 is 0 Å². The van der Waals surface area contributed by atoms with E-state index in [9.17, 15) is 0 Å². The quantitative estimate of drug-likeness (QED) is 0.794. The van der Waals surface area contributed by atoms with Gasteiger partial charge in [0, 0.05) is 29.5 Å². The molecule has 1 heterocycles. The van der Waals surface area contributed by atoms with E-state index in [4.69, 9.17) is 22.1 Å². The zero-order valence-corrected chi connectivity index (χ0v) is 12.6. The summed E-state index contributed by atoms with van der Waals surface area (Å²) in [6.45, 7) is 1.06. The van der Waals surface area contributed by atoms with Crippen LogP contribution >= 0.6 is 11.6 Å². The second-order valence-corrected chi connectivity index (χ2v) is 5.47. The van der Waals surface area contributed by atoms with Crippen molar-refractivity contribution in [1.82, 2.24) is 4.57 Å². The number of nitrogens with zero attached hydrogens (tertiary/aromatic N) is 1. The van der Waals surface area contributed by atoms with Gasteiger partial charge in [0.2, 0.25) is 0 Å². The molecule has 0 atom stereocenters. The number of hydrogen-bond donors (Lipinski definition) is 1. The Morgan fingerprint density at radius 2 is 2.00 bits per heavy atom. The van der Waals surface area contributed by atoms with Gasteiger partial charge < -0.3 is 15.0 Å². The van der Waals surface area contributed by atoms with Gasteiger partial charge in [0.25, 0.3) is 0 Å². The maximum Gasteiger partial charge on any atom is 0.128 e. The van der Waals surface area contributed by atoms with Gasteiger partial charge in [-0.3, -0.25) is 0 Å². The van der Waals surface area contributed by atoms with E-state index in [2.05, 4.69) is 28.8 Å². The van der Waals surface area contributed by atoms with Crippen LogP contribution in [0.15, 0.2) is 48.5 Å². The average Bonchev–Trinajstić information content (AvgIpc) is 2.81. The topological polar surface area (TPSA) is 40.2 Å². The molecule has 0 saturated carbocycles. The first kappa shape index (κ1) is 14.0. The predicted molar refractivity (Wildman–Crippen MR) is 86.6 cm³/mol. The van der Waals surface area contributed by atoms with Gasteiger partial charge in [-0.2, -0.15) is 0 Å². The Kier molecular flexibility index (Phi) is 3.86. The minimum atomic E-state index is 0.503. The Morgan fingerprint density at radius 3 is 2.76 bits per heavy atom. The minimum absolute atomic E-state index is 0.503. The summed E-state index contributed by atoms with van der Waals surface area (Å²) >= 11 is 5.96. The Bertz CT molecular complexity index is 780. The van der Waals surface area contributed by atoms with E-state index in [0.717, 1.165) is 17.0 Å². The normalized spacial score (nSPS) is 11.0. The van der Waals surface area contributed by atoms with Gasteiger partial charge in [0.1, 0.15) is 12.4 Å². The molecule has 0 unspecified atom stereocenters. The van der Waals surface area contributed by atoms with E-state index in [0.29, 0.717) is 18.2 Å². The molecule has 0 spiro atoms. The van der Waals surface area contributed by atoms with E-state index in [-0.39, 0.29) is 0 Å². The van der Waals surface area contributed by atoms with Crippen LogP contribution in [0.25, 0.3) is 10.9 Å². The molecular weight excluding hydrogens is 284 g/mol. The molecule has 0 bridgehead atoms. The number of nitrogens with two attached hydrogens (primary N) is 1. The summed E-state index contributed by atoms with van der Waals surface area (Å²) in [7, 11) is 2.04. The van der Waals surface area contributed by atoms with Crippen LogP contribution in [0.4, 0.5) is 0 Å². The van der Waals surface area contributed by atoms with Crippen LogP contribution in [-0.4, -0.2) is 4.57 Å². The highest BCUT2D eigenvalue weighted by atomic mass is 35.5. The number of ether oxygens (including phenoxy) is 1. The van der Waals surface area contributed by atoms with Crippen LogP contribution in [0.5, 0.6) is 5.75 Å². The molecule has 108 valence electrons. The van der Waals surface area contributed by atoms with Crippen molar-refractivity contribution in [2.75, 3.05) is 0 Å². The lowest BCUT2D eigenvalue weighted by Gasteiger charge is -2.08. The minimum Gasteiger partial charge on any atom is -0.487 e. The second kappa shape index (κ2) is 5.80. The summed E-state index contributed by atoms with van der Waals surface area (Å²) in [4.78, 5) is 0.